The van der Waals surface area contributed by atoms with Gasteiger partial charge >= 0.3 is 0 Å². The Hall–Kier alpha value is -1.80. The van der Waals surface area contributed by atoms with Gasteiger partial charge in [-0.15, -0.1) is 0 Å². The minimum absolute atomic E-state index is 0.302. The molecular formula is C21H26O2. The van der Waals surface area contributed by atoms with Crippen LogP contribution in [0.1, 0.15) is 47.8 Å². The molecule has 1 atom stereocenters. The first-order valence-corrected chi connectivity index (χ1v) is 8.47. The van der Waals surface area contributed by atoms with Crippen LogP contribution in [0.15, 0.2) is 36.4 Å². The van der Waals surface area contributed by atoms with E-state index in [9.17, 15) is 0 Å². The van der Waals surface area contributed by atoms with Crippen LogP contribution in [0.25, 0.3) is 0 Å². The quantitative estimate of drug-likeness (QED) is 0.688. The molecule has 1 saturated heterocycles. The molecule has 1 unspecified atom stereocenters. The molecule has 0 aromatic heterocycles. The number of epoxide rings is 1. The second kappa shape index (κ2) is 6.76. The van der Waals surface area contributed by atoms with Crippen molar-refractivity contribution in [2.45, 2.75) is 46.8 Å². The molecule has 2 heteroatoms. The van der Waals surface area contributed by atoms with Gasteiger partial charge in [-0.05, 0) is 60.1 Å². The largest absolute Gasteiger partial charge is 0.489 e. The van der Waals surface area contributed by atoms with Crippen molar-refractivity contribution in [3.8, 4) is 5.75 Å². The monoisotopic (exact) mass is 310 g/mol. The van der Waals surface area contributed by atoms with E-state index in [1.165, 1.54) is 27.8 Å². The summed E-state index contributed by atoms with van der Waals surface area (Å²) >= 11 is 0. The van der Waals surface area contributed by atoms with Crippen LogP contribution >= 0.6 is 0 Å². The summed E-state index contributed by atoms with van der Waals surface area (Å²) in [5, 5.41) is 0. The number of ether oxygens (including phenoxy) is 2. The summed E-state index contributed by atoms with van der Waals surface area (Å²) in [5.41, 5.74) is 6.41. The van der Waals surface area contributed by atoms with E-state index in [0.717, 1.165) is 18.8 Å². The summed E-state index contributed by atoms with van der Waals surface area (Å²) in [5.74, 6) is 1.66. The molecule has 3 rings (SSSR count). The van der Waals surface area contributed by atoms with Crippen molar-refractivity contribution in [3.05, 3.63) is 64.2 Å². The zero-order valence-corrected chi connectivity index (χ0v) is 14.6. The second-order valence-electron chi connectivity index (χ2n) is 6.93. The molecule has 2 aromatic carbocycles. The Morgan fingerprint density at radius 2 is 1.65 bits per heavy atom. The van der Waals surface area contributed by atoms with Crippen LogP contribution in [0.2, 0.25) is 0 Å². The Labute approximate surface area is 139 Å². The smallest absolute Gasteiger partial charge is 0.123 e. The molecule has 1 aliphatic rings. The Balaban J connectivity index is 1.65. The van der Waals surface area contributed by atoms with Crippen molar-refractivity contribution in [1.82, 2.24) is 0 Å². The molecule has 0 aliphatic carbocycles. The summed E-state index contributed by atoms with van der Waals surface area (Å²) in [6.07, 6.45) is 1.43. The van der Waals surface area contributed by atoms with E-state index in [0.29, 0.717) is 18.6 Å². The van der Waals surface area contributed by atoms with Crippen molar-refractivity contribution < 1.29 is 9.47 Å². The van der Waals surface area contributed by atoms with Gasteiger partial charge in [0.15, 0.2) is 0 Å². The lowest BCUT2D eigenvalue weighted by Crippen LogP contribution is -2.00. The average molecular weight is 310 g/mol. The summed E-state index contributed by atoms with van der Waals surface area (Å²) in [7, 11) is 0. The van der Waals surface area contributed by atoms with Crippen LogP contribution in [0.3, 0.4) is 0 Å². The fourth-order valence-corrected chi connectivity index (χ4v) is 2.95. The first-order valence-electron chi connectivity index (χ1n) is 8.47. The van der Waals surface area contributed by atoms with Gasteiger partial charge in [0.05, 0.1) is 6.61 Å². The molecule has 2 nitrogen and oxygen atoms in total. The van der Waals surface area contributed by atoms with Gasteiger partial charge in [-0.1, -0.05) is 44.2 Å². The first kappa shape index (κ1) is 16.1. The van der Waals surface area contributed by atoms with Gasteiger partial charge in [0, 0.05) is 0 Å². The molecule has 0 spiro atoms. The van der Waals surface area contributed by atoms with Gasteiger partial charge in [0.2, 0.25) is 0 Å². The molecule has 0 saturated carbocycles. The number of rotatable bonds is 6. The molecular weight excluding hydrogens is 284 g/mol. The molecule has 1 heterocycles. The molecule has 0 radical (unpaired) electrons. The van der Waals surface area contributed by atoms with Crippen LogP contribution in [0, 0.1) is 19.8 Å². The third-order valence-corrected chi connectivity index (χ3v) is 4.52. The van der Waals surface area contributed by atoms with Crippen molar-refractivity contribution in [2.75, 3.05) is 6.61 Å². The lowest BCUT2D eigenvalue weighted by atomic mass is 10.0. The SMILES string of the molecule is Cc1c(OCc2ccc(CC(C)C)cc2)ccc(C2CO2)c1C. The van der Waals surface area contributed by atoms with Crippen LogP contribution in [0.5, 0.6) is 5.75 Å². The fraction of sp³-hybridized carbons (Fsp3) is 0.429. The van der Waals surface area contributed by atoms with Crippen LogP contribution in [0.4, 0.5) is 0 Å². The van der Waals surface area contributed by atoms with E-state index in [1.807, 2.05) is 0 Å². The van der Waals surface area contributed by atoms with Crippen molar-refractivity contribution in [2.24, 2.45) is 5.92 Å². The Kier molecular flexibility index (Phi) is 4.72. The minimum atomic E-state index is 0.302. The van der Waals surface area contributed by atoms with Gasteiger partial charge in [0.25, 0.3) is 0 Å². The van der Waals surface area contributed by atoms with E-state index in [2.05, 4.69) is 64.1 Å². The highest BCUT2D eigenvalue weighted by Gasteiger charge is 2.27. The summed E-state index contributed by atoms with van der Waals surface area (Å²) in [6.45, 7) is 10.2. The maximum absolute atomic E-state index is 6.04. The number of benzene rings is 2. The standard InChI is InChI=1S/C21H26O2/c1-14(2)11-17-5-7-18(8-6-17)12-22-20-10-9-19(21-13-23-21)15(3)16(20)4/h5-10,14,21H,11-13H2,1-4H3. The van der Waals surface area contributed by atoms with Crippen LogP contribution in [-0.4, -0.2) is 6.61 Å². The average Bonchev–Trinajstić information content (AvgIpc) is 3.34. The molecule has 0 amide bonds. The van der Waals surface area contributed by atoms with Crippen molar-refractivity contribution >= 4 is 0 Å². The highest BCUT2D eigenvalue weighted by Crippen LogP contribution is 2.36. The summed E-state index contributed by atoms with van der Waals surface area (Å²) in [4.78, 5) is 0. The van der Waals surface area contributed by atoms with E-state index in [1.54, 1.807) is 0 Å². The van der Waals surface area contributed by atoms with E-state index >= 15 is 0 Å². The predicted molar refractivity (Wildman–Crippen MR) is 93.9 cm³/mol. The highest BCUT2D eigenvalue weighted by atomic mass is 16.6. The van der Waals surface area contributed by atoms with Crippen molar-refractivity contribution in [3.63, 3.8) is 0 Å². The maximum atomic E-state index is 6.04. The first-order chi connectivity index (χ1) is 11.0. The molecule has 2 aromatic rings. The summed E-state index contributed by atoms with van der Waals surface area (Å²) < 4.78 is 11.4. The topological polar surface area (TPSA) is 21.8 Å². The molecule has 1 aliphatic heterocycles. The Morgan fingerprint density at radius 3 is 2.26 bits per heavy atom. The Bertz CT molecular complexity index is 667. The molecule has 23 heavy (non-hydrogen) atoms. The highest BCUT2D eigenvalue weighted by molar-refractivity contribution is 5.45. The van der Waals surface area contributed by atoms with Gasteiger partial charge in [-0.2, -0.15) is 0 Å². The van der Waals surface area contributed by atoms with E-state index in [-0.39, 0.29) is 0 Å². The van der Waals surface area contributed by atoms with E-state index < -0.39 is 0 Å². The zero-order chi connectivity index (χ0) is 16.4. The molecule has 0 N–H and O–H groups in total. The molecule has 122 valence electrons. The number of hydrogen-bond acceptors (Lipinski definition) is 2. The summed E-state index contributed by atoms with van der Waals surface area (Å²) in [6, 6.07) is 13.0. The van der Waals surface area contributed by atoms with Crippen molar-refractivity contribution in [1.29, 1.82) is 0 Å². The zero-order valence-electron chi connectivity index (χ0n) is 14.6. The van der Waals surface area contributed by atoms with Gasteiger partial charge in [0.1, 0.15) is 18.5 Å². The Morgan fingerprint density at radius 1 is 1.00 bits per heavy atom. The predicted octanol–water partition coefficient (Wildman–Crippen LogP) is 5.15. The van der Waals surface area contributed by atoms with Gasteiger partial charge in [-0.25, -0.2) is 0 Å². The van der Waals surface area contributed by atoms with Crippen LogP contribution in [-0.2, 0) is 17.8 Å². The van der Waals surface area contributed by atoms with E-state index in [4.69, 9.17) is 9.47 Å². The third kappa shape index (κ3) is 3.94. The van der Waals surface area contributed by atoms with Gasteiger partial charge in [-0.3, -0.25) is 0 Å². The molecule has 1 fully saturated rings. The normalized spacial score (nSPS) is 16.7. The second-order valence-corrected chi connectivity index (χ2v) is 6.93. The lowest BCUT2D eigenvalue weighted by Gasteiger charge is -2.14. The van der Waals surface area contributed by atoms with Crippen LogP contribution < -0.4 is 4.74 Å². The molecule has 0 bridgehead atoms. The lowest BCUT2D eigenvalue weighted by molar-refractivity contribution is 0.303. The van der Waals surface area contributed by atoms with Gasteiger partial charge < -0.3 is 9.47 Å². The third-order valence-electron chi connectivity index (χ3n) is 4.52. The fourth-order valence-electron chi connectivity index (χ4n) is 2.95. The number of hydrogen-bond donors (Lipinski definition) is 0. The minimum Gasteiger partial charge on any atom is -0.489 e. The maximum Gasteiger partial charge on any atom is 0.123 e.